The van der Waals surface area contributed by atoms with Gasteiger partial charge in [-0.25, -0.2) is 9.97 Å². The number of nitrogens with one attached hydrogen (secondary N) is 1. The van der Waals surface area contributed by atoms with E-state index >= 15 is 0 Å². The van der Waals surface area contributed by atoms with E-state index in [-0.39, 0.29) is 40.7 Å². The molecular formula is C25H27ClF3N5O2. The first-order valence-corrected chi connectivity index (χ1v) is 12.0. The number of anilines is 2. The highest BCUT2D eigenvalue weighted by Crippen LogP contribution is 2.35. The Kier molecular flexibility index (Phi) is 7.56. The summed E-state index contributed by atoms with van der Waals surface area (Å²) < 4.78 is 46.6. The van der Waals surface area contributed by atoms with Crippen molar-refractivity contribution in [1.82, 2.24) is 14.5 Å². The van der Waals surface area contributed by atoms with Gasteiger partial charge in [0.05, 0.1) is 28.4 Å². The molecule has 2 aromatic heterocycles. The quantitative estimate of drug-likeness (QED) is 0.471. The van der Waals surface area contributed by atoms with E-state index in [0.717, 1.165) is 18.0 Å². The molecule has 11 heteroatoms. The van der Waals surface area contributed by atoms with Gasteiger partial charge in [-0.05, 0) is 51.1 Å². The SMILES string of the molecule is CCOC1CN(c2ccccn2)CC1Nc1c(C)nc(-c2ccc(C(F)(F)F)cc2Cl)n(CC)c1=O. The van der Waals surface area contributed by atoms with E-state index in [0.29, 0.717) is 31.1 Å². The topological polar surface area (TPSA) is 72.3 Å². The Hall–Kier alpha value is -3.11. The third-order valence-electron chi connectivity index (χ3n) is 6.15. The van der Waals surface area contributed by atoms with E-state index in [2.05, 4.69) is 20.2 Å². The van der Waals surface area contributed by atoms with Crippen LogP contribution in [0.5, 0.6) is 0 Å². The summed E-state index contributed by atoms with van der Waals surface area (Å²) in [4.78, 5) is 24.6. The Morgan fingerprint density at radius 3 is 2.58 bits per heavy atom. The lowest BCUT2D eigenvalue weighted by Crippen LogP contribution is -2.38. The van der Waals surface area contributed by atoms with Crippen LogP contribution in [0.1, 0.15) is 25.1 Å². The molecule has 2 unspecified atom stereocenters. The summed E-state index contributed by atoms with van der Waals surface area (Å²) in [6.45, 7) is 7.32. The minimum Gasteiger partial charge on any atom is -0.374 e. The molecule has 4 rings (SSSR count). The Labute approximate surface area is 211 Å². The van der Waals surface area contributed by atoms with Gasteiger partial charge in [0.2, 0.25) is 0 Å². The van der Waals surface area contributed by atoms with Crippen molar-refractivity contribution in [3.63, 3.8) is 0 Å². The maximum absolute atomic E-state index is 13.5. The fraction of sp³-hybridized carbons (Fsp3) is 0.400. The van der Waals surface area contributed by atoms with Crippen LogP contribution >= 0.6 is 11.6 Å². The second-order valence-corrected chi connectivity index (χ2v) is 8.88. The van der Waals surface area contributed by atoms with Crippen LogP contribution in [0.15, 0.2) is 47.4 Å². The number of aromatic nitrogens is 3. The summed E-state index contributed by atoms with van der Waals surface area (Å²) >= 11 is 6.21. The Morgan fingerprint density at radius 1 is 1.19 bits per heavy atom. The summed E-state index contributed by atoms with van der Waals surface area (Å²) in [6, 6.07) is 8.52. The number of benzene rings is 1. The van der Waals surface area contributed by atoms with Crippen LogP contribution in [0.2, 0.25) is 5.02 Å². The van der Waals surface area contributed by atoms with Gasteiger partial charge in [-0.1, -0.05) is 17.7 Å². The monoisotopic (exact) mass is 521 g/mol. The first-order valence-electron chi connectivity index (χ1n) is 11.7. The average Bonchev–Trinajstić information content (AvgIpc) is 3.24. The molecule has 3 aromatic rings. The fourth-order valence-corrected chi connectivity index (χ4v) is 4.67. The zero-order chi connectivity index (χ0) is 26.0. The van der Waals surface area contributed by atoms with Crippen molar-refractivity contribution in [2.75, 3.05) is 29.9 Å². The number of hydrogen-bond donors (Lipinski definition) is 1. The third kappa shape index (κ3) is 5.19. The number of aryl methyl sites for hydroxylation is 1. The standard InChI is InChI=1S/C25H27ClF3N5O2/c1-4-34-23(17-10-9-16(12-18(17)26)25(27,28)29)31-15(3)22(24(34)35)32-19-13-33(14-20(19)36-5-2)21-8-6-7-11-30-21/h6-12,19-20,32H,4-5,13-14H2,1-3H3. The van der Waals surface area contributed by atoms with Gasteiger partial charge < -0.3 is 15.0 Å². The molecule has 7 nitrogen and oxygen atoms in total. The number of alkyl halides is 3. The first-order chi connectivity index (χ1) is 17.1. The third-order valence-corrected chi connectivity index (χ3v) is 6.47. The molecule has 1 aromatic carbocycles. The maximum Gasteiger partial charge on any atom is 0.416 e. The Balaban J connectivity index is 1.68. The number of nitrogens with zero attached hydrogens (tertiary/aromatic N) is 4. The molecule has 1 fully saturated rings. The van der Waals surface area contributed by atoms with Gasteiger partial charge in [0.1, 0.15) is 17.3 Å². The summed E-state index contributed by atoms with van der Waals surface area (Å²) in [5.74, 6) is 1.03. The zero-order valence-corrected chi connectivity index (χ0v) is 20.9. The molecular weight excluding hydrogens is 495 g/mol. The van der Waals surface area contributed by atoms with Crippen molar-refractivity contribution in [2.45, 2.75) is 45.6 Å². The number of pyridine rings is 1. The first kappa shape index (κ1) is 26.0. The molecule has 1 saturated heterocycles. The van der Waals surface area contributed by atoms with Gasteiger partial charge in [0.15, 0.2) is 0 Å². The van der Waals surface area contributed by atoms with Crippen molar-refractivity contribution in [3.05, 3.63) is 69.2 Å². The van der Waals surface area contributed by atoms with Crippen molar-refractivity contribution in [3.8, 4) is 11.4 Å². The van der Waals surface area contributed by atoms with Crippen LogP contribution in [0.3, 0.4) is 0 Å². The fourth-order valence-electron chi connectivity index (χ4n) is 4.41. The lowest BCUT2D eigenvalue weighted by molar-refractivity contribution is -0.137. The van der Waals surface area contributed by atoms with Crippen molar-refractivity contribution in [1.29, 1.82) is 0 Å². The molecule has 0 bridgehead atoms. The van der Waals surface area contributed by atoms with E-state index in [1.807, 2.05) is 25.1 Å². The molecule has 0 spiro atoms. The predicted octanol–water partition coefficient (Wildman–Crippen LogP) is 5.01. The van der Waals surface area contributed by atoms with Crippen LogP contribution in [-0.2, 0) is 17.5 Å². The molecule has 0 aliphatic carbocycles. The van der Waals surface area contributed by atoms with Gasteiger partial charge in [0, 0.05) is 38.0 Å². The molecule has 0 saturated carbocycles. The number of ether oxygens (including phenoxy) is 1. The Bertz CT molecular complexity index is 1280. The highest BCUT2D eigenvalue weighted by molar-refractivity contribution is 6.33. The zero-order valence-electron chi connectivity index (χ0n) is 20.1. The van der Waals surface area contributed by atoms with Crippen LogP contribution in [0.25, 0.3) is 11.4 Å². The van der Waals surface area contributed by atoms with Crippen LogP contribution < -0.4 is 15.8 Å². The summed E-state index contributed by atoms with van der Waals surface area (Å²) in [7, 11) is 0. The average molecular weight is 522 g/mol. The lowest BCUT2D eigenvalue weighted by Gasteiger charge is -2.22. The molecule has 2 atom stereocenters. The molecule has 192 valence electrons. The highest BCUT2D eigenvalue weighted by Gasteiger charge is 2.35. The molecule has 1 N–H and O–H groups in total. The molecule has 3 heterocycles. The molecule has 1 aliphatic rings. The van der Waals surface area contributed by atoms with E-state index < -0.39 is 11.7 Å². The number of halogens is 4. The smallest absolute Gasteiger partial charge is 0.374 e. The summed E-state index contributed by atoms with van der Waals surface area (Å²) in [6.07, 6.45) is -2.98. The van der Waals surface area contributed by atoms with Gasteiger partial charge in [-0.15, -0.1) is 0 Å². The van der Waals surface area contributed by atoms with Gasteiger partial charge in [-0.2, -0.15) is 13.2 Å². The minimum atomic E-state index is -4.52. The van der Waals surface area contributed by atoms with E-state index in [1.54, 1.807) is 20.0 Å². The lowest BCUT2D eigenvalue weighted by atomic mass is 10.1. The molecule has 0 radical (unpaired) electrons. The molecule has 36 heavy (non-hydrogen) atoms. The largest absolute Gasteiger partial charge is 0.416 e. The van der Waals surface area contributed by atoms with Crippen LogP contribution in [-0.4, -0.2) is 46.4 Å². The summed E-state index contributed by atoms with van der Waals surface area (Å²) in [5.41, 5.74) is -0.198. The summed E-state index contributed by atoms with van der Waals surface area (Å²) in [5, 5.41) is 3.21. The second-order valence-electron chi connectivity index (χ2n) is 8.48. The molecule has 1 aliphatic heterocycles. The van der Waals surface area contributed by atoms with Crippen LogP contribution in [0.4, 0.5) is 24.7 Å². The van der Waals surface area contributed by atoms with Crippen LogP contribution in [0, 0.1) is 6.92 Å². The van der Waals surface area contributed by atoms with E-state index in [9.17, 15) is 18.0 Å². The minimum absolute atomic E-state index is 0.128. The van der Waals surface area contributed by atoms with E-state index in [4.69, 9.17) is 16.3 Å². The maximum atomic E-state index is 13.5. The number of rotatable bonds is 7. The highest BCUT2D eigenvalue weighted by atomic mass is 35.5. The normalized spacial score (nSPS) is 18.0. The number of hydrogen-bond acceptors (Lipinski definition) is 6. The van der Waals surface area contributed by atoms with Crippen molar-refractivity contribution >= 4 is 23.1 Å². The van der Waals surface area contributed by atoms with Gasteiger partial charge in [-0.3, -0.25) is 9.36 Å². The van der Waals surface area contributed by atoms with Crippen molar-refractivity contribution in [2.24, 2.45) is 0 Å². The predicted molar refractivity (Wildman–Crippen MR) is 134 cm³/mol. The Morgan fingerprint density at radius 2 is 1.97 bits per heavy atom. The molecule has 0 amide bonds. The van der Waals surface area contributed by atoms with Crippen molar-refractivity contribution < 1.29 is 17.9 Å². The van der Waals surface area contributed by atoms with Gasteiger partial charge in [0.25, 0.3) is 5.56 Å². The van der Waals surface area contributed by atoms with E-state index in [1.165, 1.54) is 10.6 Å². The van der Waals surface area contributed by atoms with Gasteiger partial charge >= 0.3 is 6.18 Å². The second kappa shape index (κ2) is 10.5.